The molecule has 9 nitrogen and oxygen atoms in total. The molecule has 166 valence electrons. The van der Waals surface area contributed by atoms with E-state index in [9.17, 15) is 14.7 Å². The molecule has 1 amide bonds. The third kappa shape index (κ3) is 15.4. The second-order valence-electron chi connectivity index (χ2n) is 7.04. The van der Waals surface area contributed by atoms with Crippen molar-refractivity contribution in [2.24, 2.45) is 17.2 Å². The van der Waals surface area contributed by atoms with Gasteiger partial charge >= 0.3 is 5.97 Å². The minimum Gasteiger partial charge on any atom is -0.491 e. The van der Waals surface area contributed by atoms with E-state index in [-0.39, 0.29) is 18.9 Å². The molecule has 9 N–H and O–H groups in total. The number of aliphatic carboxylic acids is 1. The van der Waals surface area contributed by atoms with Crippen LogP contribution in [-0.2, 0) is 16.0 Å². The van der Waals surface area contributed by atoms with Gasteiger partial charge < -0.3 is 37.5 Å². The third-order valence-corrected chi connectivity index (χ3v) is 3.79. The number of hydrogen-bond donors (Lipinski definition) is 6. The summed E-state index contributed by atoms with van der Waals surface area (Å²) in [4.78, 5) is 20.9. The zero-order chi connectivity index (χ0) is 22.2. The number of nitrogens with one attached hydrogen (secondary N) is 1. The highest BCUT2D eigenvalue weighted by atomic mass is 16.5. The highest BCUT2D eigenvalue weighted by molar-refractivity contribution is 5.76. The molecule has 1 aromatic rings. The first-order valence-corrected chi connectivity index (χ1v) is 9.75. The van der Waals surface area contributed by atoms with Crippen molar-refractivity contribution in [3.05, 3.63) is 29.8 Å². The van der Waals surface area contributed by atoms with E-state index in [0.29, 0.717) is 31.3 Å². The van der Waals surface area contributed by atoms with Gasteiger partial charge in [0.25, 0.3) is 0 Å². The maximum Gasteiger partial charge on any atom is 0.320 e. The summed E-state index contributed by atoms with van der Waals surface area (Å²) in [6.45, 7) is 5.37. The number of unbranched alkanes of at least 4 members (excludes halogenated alkanes) is 1. The Bertz CT molecular complexity index is 581. The quantitative estimate of drug-likeness (QED) is 0.245. The Hall–Kier alpha value is -2.20. The number of benzene rings is 1. The number of hydrogen-bond acceptors (Lipinski definition) is 7. The van der Waals surface area contributed by atoms with Gasteiger partial charge in [-0.2, -0.15) is 0 Å². The minimum atomic E-state index is -0.933. The molecule has 0 bridgehead atoms. The summed E-state index contributed by atoms with van der Waals surface area (Å²) >= 11 is 0. The van der Waals surface area contributed by atoms with E-state index < -0.39 is 18.1 Å². The largest absolute Gasteiger partial charge is 0.491 e. The SMILES string of the molecule is CC(C)NCC(O)COc1ccc(CC(N)=O)cc1.NCCCCC(N)C(=O)O. The van der Waals surface area contributed by atoms with Crippen molar-refractivity contribution in [1.82, 2.24) is 5.32 Å². The van der Waals surface area contributed by atoms with Gasteiger partial charge in [0.2, 0.25) is 5.91 Å². The smallest absolute Gasteiger partial charge is 0.320 e. The number of carboxylic acids is 1. The molecule has 0 spiro atoms. The number of ether oxygens (including phenoxy) is 1. The van der Waals surface area contributed by atoms with E-state index in [1.807, 2.05) is 13.8 Å². The number of aliphatic hydroxyl groups is 1. The molecule has 1 aromatic carbocycles. The number of primary amides is 1. The van der Waals surface area contributed by atoms with Gasteiger partial charge in [0.1, 0.15) is 24.5 Å². The highest BCUT2D eigenvalue weighted by Crippen LogP contribution is 2.12. The van der Waals surface area contributed by atoms with Crippen LogP contribution in [0.25, 0.3) is 0 Å². The first kappa shape index (κ1) is 26.8. The number of nitrogens with two attached hydrogens (primary N) is 3. The third-order valence-electron chi connectivity index (χ3n) is 3.79. The second kappa shape index (κ2) is 15.7. The van der Waals surface area contributed by atoms with Gasteiger partial charge in [-0.3, -0.25) is 9.59 Å². The standard InChI is InChI=1S/C14H22N2O3.C6H14N2O2/c1-10(2)16-8-12(17)9-19-13-5-3-11(4-6-13)7-14(15)18;7-4-2-1-3-5(8)6(9)10/h3-6,10,12,16-17H,7-9H2,1-2H3,(H2,15,18);5H,1-4,7-8H2,(H,9,10). The van der Waals surface area contributed by atoms with Crippen LogP contribution >= 0.6 is 0 Å². The zero-order valence-electron chi connectivity index (χ0n) is 17.3. The fourth-order valence-electron chi connectivity index (χ4n) is 2.16. The summed E-state index contributed by atoms with van der Waals surface area (Å²) < 4.78 is 5.45. The van der Waals surface area contributed by atoms with Crippen molar-refractivity contribution in [3.8, 4) is 5.75 Å². The van der Waals surface area contributed by atoms with Crippen molar-refractivity contribution < 1.29 is 24.5 Å². The van der Waals surface area contributed by atoms with E-state index >= 15 is 0 Å². The Morgan fingerprint density at radius 3 is 2.28 bits per heavy atom. The summed E-state index contributed by atoms with van der Waals surface area (Å²) in [6.07, 6.45) is 1.84. The lowest BCUT2D eigenvalue weighted by atomic mass is 10.1. The number of aliphatic hydroxyl groups excluding tert-OH is 1. The van der Waals surface area contributed by atoms with Crippen LogP contribution in [0.2, 0.25) is 0 Å². The molecule has 0 aliphatic carbocycles. The molecule has 0 saturated heterocycles. The van der Waals surface area contributed by atoms with Gasteiger partial charge in [0, 0.05) is 12.6 Å². The monoisotopic (exact) mass is 412 g/mol. The lowest BCUT2D eigenvalue weighted by molar-refractivity contribution is -0.138. The van der Waals surface area contributed by atoms with Crippen molar-refractivity contribution in [2.75, 3.05) is 19.7 Å². The number of carbonyl (C=O) groups excluding carboxylic acids is 1. The molecule has 0 saturated carbocycles. The summed E-state index contributed by atoms with van der Waals surface area (Å²) in [7, 11) is 0. The molecular weight excluding hydrogens is 376 g/mol. The van der Waals surface area contributed by atoms with Crippen LogP contribution in [-0.4, -0.2) is 60.0 Å². The van der Waals surface area contributed by atoms with Crippen LogP contribution in [0, 0.1) is 0 Å². The summed E-state index contributed by atoms with van der Waals surface area (Å²) in [5.41, 5.74) is 16.4. The van der Waals surface area contributed by atoms with Gasteiger partial charge in [-0.1, -0.05) is 32.4 Å². The van der Waals surface area contributed by atoms with Gasteiger partial charge in [-0.25, -0.2) is 0 Å². The molecule has 0 aliphatic rings. The molecule has 0 aliphatic heterocycles. The fourth-order valence-corrected chi connectivity index (χ4v) is 2.16. The number of amides is 1. The molecule has 2 atom stereocenters. The van der Waals surface area contributed by atoms with Crippen molar-refractivity contribution >= 4 is 11.9 Å². The first-order valence-electron chi connectivity index (χ1n) is 9.75. The maximum absolute atomic E-state index is 10.7. The van der Waals surface area contributed by atoms with Crippen LogP contribution in [0.3, 0.4) is 0 Å². The molecule has 29 heavy (non-hydrogen) atoms. The highest BCUT2D eigenvalue weighted by Gasteiger charge is 2.09. The zero-order valence-corrected chi connectivity index (χ0v) is 17.3. The van der Waals surface area contributed by atoms with Crippen molar-refractivity contribution in [3.63, 3.8) is 0 Å². The van der Waals surface area contributed by atoms with Crippen molar-refractivity contribution in [1.29, 1.82) is 0 Å². The Balaban J connectivity index is 0.000000665. The molecule has 9 heteroatoms. The van der Waals surface area contributed by atoms with Crippen LogP contribution in [0.1, 0.15) is 38.7 Å². The average molecular weight is 413 g/mol. The molecule has 0 radical (unpaired) electrons. The molecule has 0 heterocycles. The predicted octanol–water partition coefficient (Wildman–Crippen LogP) is -0.0206. The van der Waals surface area contributed by atoms with Crippen LogP contribution in [0.15, 0.2) is 24.3 Å². The Morgan fingerprint density at radius 1 is 1.17 bits per heavy atom. The van der Waals surface area contributed by atoms with Gasteiger partial charge in [-0.15, -0.1) is 0 Å². The van der Waals surface area contributed by atoms with E-state index in [4.69, 9.17) is 27.0 Å². The second-order valence-corrected chi connectivity index (χ2v) is 7.04. The van der Waals surface area contributed by atoms with E-state index in [2.05, 4.69) is 5.32 Å². The van der Waals surface area contributed by atoms with Gasteiger partial charge in [-0.05, 0) is 37.1 Å². The Morgan fingerprint density at radius 2 is 1.79 bits per heavy atom. The molecule has 0 fully saturated rings. The van der Waals surface area contributed by atoms with Crippen molar-refractivity contribution in [2.45, 2.75) is 57.7 Å². The lowest BCUT2D eigenvalue weighted by Gasteiger charge is -2.15. The summed E-state index contributed by atoms with van der Waals surface area (Å²) in [5.74, 6) is -0.627. The Kier molecular flexibility index (Phi) is 14.5. The lowest BCUT2D eigenvalue weighted by Crippen LogP contribution is -2.35. The predicted molar refractivity (Wildman–Crippen MR) is 112 cm³/mol. The topological polar surface area (TPSA) is 174 Å². The van der Waals surface area contributed by atoms with E-state index in [0.717, 1.165) is 18.4 Å². The minimum absolute atomic E-state index is 0.223. The Labute approximate surface area is 172 Å². The number of rotatable bonds is 13. The molecule has 2 unspecified atom stereocenters. The number of carboxylic acid groups (broad SMARTS) is 1. The van der Waals surface area contributed by atoms with Gasteiger partial charge in [0.15, 0.2) is 0 Å². The van der Waals surface area contributed by atoms with Crippen LogP contribution in [0.5, 0.6) is 5.75 Å². The first-order chi connectivity index (χ1) is 13.6. The average Bonchev–Trinajstić information content (AvgIpc) is 2.66. The van der Waals surface area contributed by atoms with E-state index in [1.165, 1.54) is 0 Å². The summed E-state index contributed by atoms with van der Waals surface area (Å²) in [6, 6.07) is 6.73. The van der Waals surface area contributed by atoms with E-state index in [1.54, 1.807) is 24.3 Å². The van der Waals surface area contributed by atoms with Gasteiger partial charge in [0.05, 0.1) is 6.42 Å². The normalized spacial score (nSPS) is 12.6. The summed E-state index contributed by atoms with van der Waals surface area (Å²) in [5, 5.41) is 21.1. The van der Waals surface area contributed by atoms with Crippen LogP contribution in [0.4, 0.5) is 0 Å². The molecular formula is C20H36N4O5. The molecule has 1 rings (SSSR count). The maximum atomic E-state index is 10.7. The fraction of sp³-hybridized carbons (Fsp3) is 0.600. The number of carbonyl (C=O) groups is 2. The van der Waals surface area contributed by atoms with Crippen LogP contribution < -0.4 is 27.3 Å². The molecule has 0 aromatic heterocycles.